The summed E-state index contributed by atoms with van der Waals surface area (Å²) < 4.78 is 53.3. The number of benzene rings is 2. The highest BCUT2D eigenvalue weighted by molar-refractivity contribution is 6.05. The molecule has 0 aliphatic heterocycles. The van der Waals surface area contributed by atoms with Gasteiger partial charge in [0.15, 0.2) is 11.5 Å². The average molecular weight is 474 g/mol. The molecule has 2 aromatic carbocycles. The lowest BCUT2D eigenvalue weighted by molar-refractivity contribution is -0.275. The van der Waals surface area contributed by atoms with Gasteiger partial charge >= 0.3 is 6.36 Å². The minimum Gasteiger partial charge on any atom is -0.453 e. The molecule has 0 fully saturated rings. The summed E-state index contributed by atoms with van der Waals surface area (Å²) >= 11 is 0. The fourth-order valence-electron chi connectivity index (χ4n) is 3.23. The lowest BCUT2D eigenvalue weighted by atomic mass is 10.1. The van der Waals surface area contributed by atoms with Gasteiger partial charge in [0, 0.05) is 11.8 Å². The summed E-state index contributed by atoms with van der Waals surface area (Å²) in [5.74, 6) is -0.744. The van der Waals surface area contributed by atoms with Gasteiger partial charge in [0.05, 0.1) is 29.2 Å². The minimum absolute atomic E-state index is 0.0431. The van der Waals surface area contributed by atoms with E-state index >= 15 is 0 Å². The molecule has 3 rings (SSSR count). The van der Waals surface area contributed by atoms with E-state index in [0.29, 0.717) is 16.9 Å². The fraction of sp³-hybridized carbons (Fsp3) is 0.280. The SMILES string of the molecule is Cc1nc(C(C)OC(C)C)ccc1C(=O)Nc1cccc(Oc2ccccc2OC(F)(F)F)c1. The van der Waals surface area contributed by atoms with Crippen molar-refractivity contribution >= 4 is 11.6 Å². The Morgan fingerprint density at radius 3 is 2.32 bits per heavy atom. The van der Waals surface area contributed by atoms with Crippen LogP contribution in [-0.2, 0) is 4.74 Å². The molecule has 0 aliphatic carbocycles. The van der Waals surface area contributed by atoms with Crippen LogP contribution in [0.3, 0.4) is 0 Å². The number of nitrogens with one attached hydrogen (secondary N) is 1. The van der Waals surface area contributed by atoms with Crippen LogP contribution in [0.4, 0.5) is 18.9 Å². The van der Waals surface area contributed by atoms with Crippen LogP contribution in [0, 0.1) is 6.92 Å². The summed E-state index contributed by atoms with van der Waals surface area (Å²) in [5, 5.41) is 2.76. The van der Waals surface area contributed by atoms with Gasteiger partial charge in [-0.1, -0.05) is 18.2 Å². The summed E-state index contributed by atoms with van der Waals surface area (Å²) in [5.41, 5.74) is 2.05. The smallest absolute Gasteiger partial charge is 0.453 e. The van der Waals surface area contributed by atoms with Crippen LogP contribution in [0.5, 0.6) is 17.2 Å². The molecule has 0 spiro atoms. The van der Waals surface area contributed by atoms with E-state index in [0.717, 1.165) is 11.8 Å². The van der Waals surface area contributed by atoms with Gasteiger partial charge in [-0.2, -0.15) is 0 Å². The Bertz CT molecular complexity index is 1150. The van der Waals surface area contributed by atoms with Gasteiger partial charge in [0.1, 0.15) is 5.75 Å². The Hall–Kier alpha value is -3.59. The molecule has 1 aromatic heterocycles. The number of hydrogen-bond acceptors (Lipinski definition) is 5. The predicted molar refractivity (Wildman–Crippen MR) is 121 cm³/mol. The molecule has 0 radical (unpaired) electrons. The van der Waals surface area contributed by atoms with Gasteiger partial charge < -0.3 is 19.5 Å². The average Bonchev–Trinajstić information content (AvgIpc) is 2.73. The first kappa shape index (κ1) is 25.0. The second kappa shape index (κ2) is 10.6. The van der Waals surface area contributed by atoms with E-state index in [1.807, 2.05) is 20.8 Å². The number of rotatable bonds is 8. The van der Waals surface area contributed by atoms with E-state index in [1.165, 1.54) is 24.3 Å². The monoisotopic (exact) mass is 474 g/mol. The van der Waals surface area contributed by atoms with Gasteiger partial charge in [0.25, 0.3) is 5.91 Å². The Morgan fingerprint density at radius 1 is 0.971 bits per heavy atom. The predicted octanol–water partition coefficient (Wildman–Crippen LogP) is 6.82. The quantitative estimate of drug-likeness (QED) is 0.388. The fourth-order valence-corrected chi connectivity index (χ4v) is 3.23. The second-order valence-corrected chi connectivity index (χ2v) is 7.77. The third kappa shape index (κ3) is 6.95. The summed E-state index contributed by atoms with van der Waals surface area (Å²) in [4.78, 5) is 17.3. The first-order valence-electron chi connectivity index (χ1n) is 10.6. The standard InChI is InChI=1S/C25H25F3N2O4/c1-15(2)32-17(4)21-13-12-20(16(3)29-21)24(31)30-18-8-7-9-19(14-18)33-22-10-5-6-11-23(22)34-25(26,27)28/h5-15,17H,1-4H3,(H,30,31). The molecule has 0 saturated heterocycles. The van der Waals surface area contributed by atoms with Gasteiger partial charge in [-0.15, -0.1) is 13.2 Å². The first-order valence-corrected chi connectivity index (χ1v) is 10.6. The molecule has 1 N–H and O–H groups in total. The number of halogens is 3. The molecule has 0 aliphatic rings. The molecular formula is C25H25F3N2O4. The summed E-state index contributed by atoms with van der Waals surface area (Å²) in [6.45, 7) is 7.50. The maximum atomic E-state index is 12.8. The number of carbonyl (C=O) groups is 1. The van der Waals surface area contributed by atoms with E-state index in [1.54, 1.807) is 37.3 Å². The van der Waals surface area contributed by atoms with Crippen LogP contribution in [0.2, 0.25) is 0 Å². The molecule has 0 saturated carbocycles. The summed E-state index contributed by atoms with van der Waals surface area (Å²) in [6, 6.07) is 15.2. The number of para-hydroxylation sites is 2. The van der Waals surface area contributed by atoms with Gasteiger partial charge in [-0.25, -0.2) is 0 Å². The van der Waals surface area contributed by atoms with Crippen molar-refractivity contribution in [1.82, 2.24) is 4.98 Å². The number of aryl methyl sites for hydroxylation is 1. The van der Waals surface area contributed by atoms with Crippen molar-refractivity contribution < 1.29 is 32.2 Å². The third-order valence-corrected chi connectivity index (χ3v) is 4.64. The second-order valence-electron chi connectivity index (χ2n) is 7.77. The van der Waals surface area contributed by atoms with Crippen LogP contribution >= 0.6 is 0 Å². The van der Waals surface area contributed by atoms with E-state index < -0.39 is 12.1 Å². The van der Waals surface area contributed by atoms with E-state index in [9.17, 15) is 18.0 Å². The molecule has 3 aromatic rings. The molecule has 34 heavy (non-hydrogen) atoms. The van der Waals surface area contributed by atoms with E-state index in [4.69, 9.17) is 9.47 Å². The van der Waals surface area contributed by atoms with Crippen molar-refractivity contribution in [2.24, 2.45) is 0 Å². The minimum atomic E-state index is -4.85. The van der Waals surface area contributed by atoms with E-state index in [2.05, 4.69) is 15.0 Å². The molecule has 1 amide bonds. The summed E-state index contributed by atoms with van der Waals surface area (Å²) in [6.07, 6.45) is -5.02. The van der Waals surface area contributed by atoms with Crippen molar-refractivity contribution in [3.8, 4) is 17.2 Å². The molecule has 1 unspecified atom stereocenters. The van der Waals surface area contributed by atoms with Gasteiger partial charge in [0.2, 0.25) is 0 Å². The van der Waals surface area contributed by atoms with Gasteiger partial charge in [-0.3, -0.25) is 9.78 Å². The maximum absolute atomic E-state index is 12.8. The number of carbonyl (C=O) groups excluding carboxylic acids is 1. The number of ether oxygens (including phenoxy) is 3. The van der Waals surface area contributed by atoms with Crippen LogP contribution in [0.1, 0.15) is 48.6 Å². The Labute approximate surface area is 195 Å². The van der Waals surface area contributed by atoms with Crippen LogP contribution < -0.4 is 14.8 Å². The number of nitrogens with zero attached hydrogens (tertiary/aromatic N) is 1. The molecule has 180 valence electrons. The molecular weight excluding hydrogens is 449 g/mol. The highest BCUT2D eigenvalue weighted by Crippen LogP contribution is 2.35. The Balaban J connectivity index is 1.73. The summed E-state index contributed by atoms with van der Waals surface area (Å²) in [7, 11) is 0. The Kier molecular flexibility index (Phi) is 7.78. The molecule has 6 nitrogen and oxygen atoms in total. The zero-order chi connectivity index (χ0) is 24.9. The largest absolute Gasteiger partial charge is 0.573 e. The molecule has 1 atom stereocenters. The molecule has 1 heterocycles. The number of alkyl halides is 3. The van der Waals surface area contributed by atoms with Crippen LogP contribution in [0.25, 0.3) is 0 Å². The number of hydrogen-bond donors (Lipinski definition) is 1. The van der Waals surface area contributed by atoms with Crippen LogP contribution in [-0.4, -0.2) is 23.4 Å². The highest BCUT2D eigenvalue weighted by Gasteiger charge is 2.32. The lowest BCUT2D eigenvalue weighted by Gasteiger charge is -2.17. The Morgan fingerprint density at radius 2 is 1.68 bits per heavy atom. The van der Waals surface area contributed by atoms with Crippen LogP contribution in [0.15, 0.2) is 60.7 Å². The number of aromatic nitrogens is 1. The first-order chi connectivity index (χ1) is 16.0. The van der Waals surface area contributed by atoms with Crippen molar-refractivity contribution in [3.63, 3.8) is 0 Å². The van der Waals surface area contributed by atoms with Crippen molar-refractivity contribution in [3.05, 3.63) is 77.6 Å². The number of pyridine rings is 1. The zero-order valence-corrected chi connectivity index (χ0v) is 19.1. The van der Waals surface area contributed by atoms with E-state index in [-0.39, 0.29) is 29.6 Å². The van der Waals surface area contributed by atoms with Gasteiger partial charge in [-0.05, 0) is 64.1 Å². The van der Waals surface area contributed by atoms with Crippen molar-refractivity contribution in [2.75, 3.05) is 5.32 Å². The molecule has 0 bridgehead atoms. The normalized spacial score (nSPS) is 12.4. The lowest BCUT2D eigenvalue weighted by Crippen LogP contribution is -2.17. The topological polar surface area (TPSA) is 69.7 Å². The van der Waals surface area contributed by atoms with Crippen molar-refractivity contribution in [2.45, 2.75) is 46.3 Å². The molecule has 9 heteroatoms. The number of anilines is 1. The zero-order valence-electron chi connectivity index (χ0n) is 19.1. The van der Waals surface area contributed by atoms with Crippen molar-refractivity contribution in [1.29, 1.82) is 0 Å². The maximum Gasteiger partial charge on any atom is 0.573 e. The number of amides is 1. The third-order valence-electron chi connectivity index (χ3n) is 4.64. The highest BCUT2D eigenvalue weighted by atomic mass is 19.4.